The van der Waals surface area contributed by atoms with Gasteiger partial charge in [0, 0.05) is 11.0 Å². The predicted octanol–water partition coefficient (Wildman–Crippen LogP) is 3.25. The highest BCUT2D eigenvalue weighted by molar-refractivity contribution is 9.10. The van der Waals surface area contributed by atoms with Crippen LogP contribution in [0.25, 0.3) is 0 Å². The number of halogens is 1. The first-order chi connectivity index (χ1) is 9.52. The number of aromatic carboxylic acids is 1. The monoisotopic (exact) mass is 338 g/mol. The summed E-state index contributed by atoms with van der Waals surface area (Å²) in [5.41, 5.74) is 1.84. The van der Waals surface area contributed by atoms with Gasteiger partial charge in [0.05, 0.1) is 18.2 Å². The second-order valence-electron chi connectivity index (χ2n) is 4.36. The molecule has 2 rings (SSSR count). The summed E-state index contributed by atoms with van der Waals surface area (Å²) in [6, 6.07) is 3.38. The average Bonchev–Trinajstić information content (AvgIpc) is 2.84. The molecule has 0 aliphatic rings. The molecule has 0 radical (unpaired) electrons. The fraction of sp³-hybridized carbons (Fsp3) is 0.286. The van der Waals surface area contributed by atoms with Crippen molar-refractivity contribution in [1.82, 2.24) is 9.55 Å². The van der Waals surface area contributed by atoms with E-state index in [0.717, 1.165) is 22.3 Å². The maximum absolute atomic E-state index is 11.3. The van der Waals surface area contributed by atoms with E-state index in [-0.39, 0.29) is 12.2 Å². The number of nitrogens with zero attached hydrogens (tertiary/aromatic N) is 2. The van der Waals surface area contributed by atoms with Gasteiger partial charge in [-0.05, 0) is 31.5 Å². The SMILES string of the molecule is CCn1cncc1COc1c(C)cc(Br)cc1C(=O)O. The second-order valence-corrected chi connectivity index (χ2v) is 5.28. The van der Waals surface area contributed by atoms with Gasteiger partial charge in [-0.2, -0.15) is 0 Å². The van der Waals surface area contributed by atoms with Crippen LogP contribution in [0.3, 0.4) is 0 Å². The summed E-state index contributed by atoms with van der Waals surface area (Å²) >= 11 is 3.30. The van der Waals surface area contributed by atoms with Crippen LogP contribution in [0.4, 0.5) is 0 Å². The molecule has 0 aliphatic carbocycles. The number of hydrogen-bond acceptors (Lipinski definition) is 3. The Labute approximate surface area is 125 Å². The third-order valence-corrected chi connectivity index (χ3v) is 3.43. The summed E-state index contributed by atoms with van der Waals surface area (Å²) < 4.78 is 8.38. The minimum Gasteiger partial charge on any atom is -0.486 e. The first-order valence-corrected chi connectivity index (χ1v) is 6.97. The maximum atomic E-state index is 11.3. The topological polar surface area (TPSA) is 64.4 Å². The molecule has 0 amide bonds. The lowest BCUT2D eigenvalue weighted by Gasteiger charge is -2.13. The van der Waals surface area contributed by atoms with Gasteiger partial charge in [0.15, 0.2) is 0 Å². The summed E-state index contributed by atoms with van der Waals surface area (Å²) in [6.07, 6.45) is 3.45. The molecule has 0 spiro atoms. The van der Waals surface area contributed by atoms with Crippen molar-refractivity contribution in [1.29, 1.82) is 0 Å². The molecule has 0 saturated heterocycles. The minimum atomic E-state index is -1.01. The van der Waals surface area contributed by atoms with Gasteiger partial charge in [0.1, 0.15) is 17.9 Å². The molecule has 2 aromatic rings. The normalized spacial score (nSPS) is 10.6. The van der Waals surface area contributed by atoms with Gasteiger partial charge >= 0.3 is 5.97 Å². The van der Waals surface area contributed by atoms with Crippen LogP contribution in [-0.2, 0) is 13.2 Å². The molecule has 1 heterocycles. The standard InChI is InChI=1S/C14H15BrN2O3/c1-3-17-8-16-6-11(17)7-20-13-9(2)4-10(15)5-12(13)14(18)19/h4-6,8H,3,7H2,1-2H3,(H,18,19). The Kier molecular flexibility index (Phi) is 4.44. The van der Waals surface area contributed by atoms with Crippen LogP contribution in [0.1, 0.15) is 28.5 Å². The Hall–Kier alpha value is -1.82. The van der Waals surface area contributed by atoms with Gasteiger partial charge in [-0.15, -0.1) is 0 Å². The molecular weight excluding hydrogens is 324 g/mol. The van der Waals surface area contributed by atoms with Crippen LogP contribution in [-0.4, -0.2) is 20.6 Å². The maximum Gasteiger partial charge on any atom is 0.339 e. The van der Waals surface area contributed by atoms with Gasteiger partial charge in [-0.1, -0.05) is 15.9 Å². The molecule has 1 N–H and O–H groups in total. The molecule has 0 atom stereocenters. The van der Waals surface area contributed by atoms with Crippen molar-refractivity contribution in [3.63, 3.8) is 0 Å². The number of carboxylic acids is 1. The lowest BCUT2D eigenvalue weighted by atomic mass is 10.1. The summed E-state index contributed by atoms with van der Waals surface area (Å²) in [4.78, 5) is 15.4. The van der Waals surface area contributed by atoms with E-state index < -0.39 is 5.97 Å². The van der Waals surface area contributed by atoms with E-state index in [9.17, 15) is 9.90 Å². The number of ether oxygens (including phenoxy) is 1. The fourth-order valence-electron chi connectivity index (χ4n) is 1.98. The highest BCUT2D eigenvalue weighted by Crippen LogP contribution is 2.28. The number of aromatic nitrogens is 2. The summed E-state index contributed by atoms with van der Waals surface area (Å²) in [6.45, 7) is 4.92. The number of rotatable bonds is 5. The number of carbonyl (C=O) groups is 1. The second kappa shape index (κ2) is 6.09. The summed E-state index contributed by atoms with van der Waals surface area (Å²) in [5, 5.41) is 9.25. The molecule has 106 valence electrons. The number of hydrogen-bond donors (Lipinski definition) is 1. The van der Waals surface area contributed by atoms with Crippen LogP contribution < -0.4 is 4.74 Å². The van der Waals surface area contributed by atoms with Gasteiger partial charge < -0.3 is 14.4 Å². The van der Waals surface area contributed by atoms with Crippen molar-refractivity contribution in [3.05, 3.63) is 46.0 Å². The highest BCUT2D eigenvalue weighted by atomic mass is 79.9. The Balaban J connectivity index is 2.27. The van der Waals surface area contributed by atoms with Gasteiger partial charge in [0.25, 0.3) is 0 Å². The lowest BCUT2D eigenvalue weighted by molar-refractivity contribution is 0.0691. The molecule has 0 fully saturated rings. The van der Waals surface area contributed by atoms with E-state index >= 15 is 0 Å². The average molecular weight is 339 g/mol. The third kappa shape index (κ3) is 3.01. The van der Waals surface area contributed by atoms with Crippen molar-refractivity contribution in [2.75, 3.05) is 0 Å². The van der Waals surface area contributed by atoms with Crippen molar-refractivity contribution in [2.45, 2.75) is 27.0 Å². The minimum absolute atomic E-state index is 0.152. The Morgan fingerprint density at radius 3 is 2.90 bits per heavy atom. The molecule has 20 heavy (non-hydrogen) atoms. The van der Waals surface area contributed by atoms with Crippen LogP contribution in [0, 0.1) is 6.92 Å². The largest absolute Gasteiger partial charge is 0.486 e. The number of carboxylic acid groups (broad SMARTS) is 1. The van der Waals surface area contributed by atoms with E-state index in [1.807, 2.05) is 24.5 Å². The predicted molar refractivity (Wildman–Crippen MR) is 78.1 cm³/mol. The number of aryl methyl sites for hydroxylation is 2. The van der Waals surface area contributed by atoms with E-state index in [1.165, 1.54) is 0 Å². The van der Waals surface area contributed by atoms with E-state index in [1.54, 1.807) is 18.6 Å². The Bertz CT molecular complexity index is 637. The van der Waals surface area contributed by atoms with Crippen molar-refractivity contribution in [2.24, 2.45) is 0 Å². The highest BCUT2D eigenvalue weighted by Gasteiger charge is 2.16. The smallest absolute Gasteiger partial charge is 0.339 e. The molecule has 0 bridgehead atoms. The fourth-order valence-corrected chi connectivity index (χ4v) is 2.55. The molecule has 1 aromatic heterocycles. The Morgan fingerprint density at radius 1 is 1.50 bits per heavy atom. The zero-order chi connectivity index (χ0) is 14.7. The molecule has 6 heteroatoms. The first-order valence-electron chi connectivity index (χ1n) is 6.18. The summed E-state index contributed by atoms with van der Waals surface area (Å²) in [5.74, 6) is -0.613. The molecular formula is C14H15BrN2O3. The zero-order valence-corrected chi connectivity index (χ0v) is 12.8. The summed E-state index contributed by atoms with van der Waals surface area (Å²) in [7, 11) is 0. The van der Waals surface area contributed by atoms with Crippen LogP contribution >= 0.6 is 15.9 Å². The molecule has 0 unspecified atom stereocenters. The third-order valence-electron chi connectivity index (χ3n) is 2.97. The first kappa shape index (κ1) is 14.6. The van der Waals surface area contributed by atoms with Crippen molar-refractivity contribution < 1.29 is 14.6 Å². The van der Waals surface area contributed by atoms with Gasteiger partial charge in [-0.25, -0.2) is 9.78 Å². The van der Waals surface area contributed by atoms with Crippen LogP contribution in [0.15, 0.2) is 29.1 Å². The van der Waals surface area contributed by atoms with Crippen molar-refractivity contribution >= 4 is 21.9 Å². The molecule has 0 saturated carbocycles. The zero-order valence-electron chi connectivity index (χ0n) is 11.3. The lowest BCUT2D eigenvalue weighted by Crippen LogP contribution is -2.08. The quantitative estimate of drug-likeness (QED) is 0.908. The Morgan fingerprint density at radius 2 is 2.25 bits per heavy atom. The van der Waals surface area contributed by atoms with Gasteiger partial charge in [-0.3, -0.25) is 0 Å². The molecule has 0 aliphatic heterocycles. The van der Waals surface area contributed by atoms with E-state index in [0.29, 0.717) is 5.75 Å². The van der Waals surface area contributed by atoms with Crippen molar-refractivity contribution in [3.8, 4) is 5.75 Å². The van der Waals surface area contributed by atoms with E-state index in [4.69, 9.17) is 4.74 Å². The van der Waals surface area contributed by atoms with E-state index in [2.05, 4.69) is 20.9 Å². The van der Waals surface area contributed by atoms with Crippen LogP contribution in [0.5, 0.6) is 5.75 Å². The number of benzene rings is 1. The number of imidazole rings is 1. The molecule has 5 nitrogen and oxygen atoms in total. The van der Waals surface area contributed by atoms with Crippen LogP contribution in [0.2, 0.25) is 0 Å². The van der Waals surface area contributed by atoms with Gasteiger partial charge in [0.2, 0.25) is 0 Å². The molecule has 1 aromatic carbocycles.